The fraction of sp³-hybridized carbons (Fsp3) is 0.450. The van der Waals surface area contributed by atoms with E-state index in [1.165, 1.54) is 7.11 Å². The second-order valence-electron chi connectivity index (χ2n) is 13.5. The van der Waals surface area contributed by atoms with Crippen LogP contribution in [0.2, 0.25) is 0 Å². The molecule has 272 valence electrons. The Labute approximate surface area is 300 Å². The summed E-state index contributed by atoms with van der Waals surface area (Å²) in [5.74, 6) is -1.58. The third kappa shape index (κ3) is 11.8. The minimum Gasteiger partial charge on any atom is -0.382 e. The van der Waals surface area contributed by atoms with Gasteiger partial charge in [-0.15, -0.1) is 0 Å². The van der Waals surface area contributed by atoms with E-state index in [0.717, 1.165) is 55.1 Å². The van der Waals surface area contributed by atoms with Crippen molar-refractivity contribution in [3.8, 4) is 0 Å². The van der Waals surface area contributed by atoms with Crippen LogP contribution in [0.25, 0.3) is 0 Å². The van der Waals surface area contributed by atoms with E-state index in [9.17, 15) is 19.2 Å². The number of morpholine rings is 1. The highest BCUT2D eigenvalue weighted by molar-refractivity contribution is 5.98. The van der Waals surface area contributed by atoms with Gasteiger partial charge in [0.2, 0.25) is 17.7 Å². The fourth-order valence-corrected chi connectivity index (χ4v) is 6.17. The van der Waals surface area contributed by atoms with Gasteiger partial charge in [0.1, 0.15) is 17.7 Å². The standard InChI is InChI=1S/C40H50N4O7/c1-40(28-51-40)37(46)33(19-17-29-9-5-3-6-10-29)42-39(48)35(27-49-2)43-38(47)34(20-18-30-11-7-4-8-12-30)41-36(45)25-31-13-15-32(16-14-31)26-44-21-23-50-24-22-44/h3-16,33-35H,17-28H2,1-2H3,(H,41,45)(H,42,48)(H,43,47)/t33-,34-,35-,40+/m0/s1. The molecule has 3 aromatic rings. The lowest BCUT2D eigenvalue weighted by atomic mass is 9.95. The van der Waals surface area contributed by atoms with Crippen molar-refractivity contribution in [1.82, 2.24) is 20.9 Å². The molecule has 2 heterocycles. The molecule has 3 N–H and O–H groups in total. The smallest absolute Gasteiger partial charge is 0.245 e. The summed E-state index contributed by atoms with van der Waals surface area (Å²) in [5, 5.41) is 8.57. The monoisotopic (exact) mass is 698 g/mol. The predicted molar refractivity (Wildman–Crippen MR) is 193 cm³/mol. The highest BCUT2D eigenvalue weighted by Crippen LogP contribution is 2.29. The molecular weight excluding hydrogens is 648 g/mol. The van der Waals surface area contributed by atoms with E-state index < -0.39 is 35.5 Å². The SMILES string of the molecule is COC[C@H](NC(=O)[C@H](CCc1ccccc1)NC(=O)Cc1ccc(CN2CCOCC2)cc1)C(=O)N[C@@H](CCc1ccccc1)C(=O)[C@@]1(C)CO1. The van der Waals surface area contributed by atoms with Crippen LogP contribution in [-0.2, 0) is 59.2 Å². The Balaban J connectivity index is 1.23. The number of epoxide rings is 1. The zero-order valence-electron chi connectivity index (χ0n) is 29.6. The van der Waals surface area contributed by atoms with Gasteiger partial charge < -0.3 is 30.2 Å². The number of benzene rings is 3. The summed E-state index contributed by atoms with van der Waals surface area (Å²) in [6, 6.07) is 24.5. The average molecular weight is 699 g/mol. The van der Waals surface area contributed by atoms with Gasteiger partial charge in [0.15, 0.2) is 5.78 Å². The predicted octanol–water partition coefficient (Wildman–Crippen LogP) is 2.79. The molecule has 3 aromatic carbocycles. The van der Waals surface area contributed by atoms with Crippen LogP contribution < -0.4 is 16.0 Å². The molecule has 11 nitrogen and oxygen atoms in total. The van der Waals surface area contributed by atoms with Gasteiger partial charge in [-0.1, -0.05) is 84.9 Å². The van der Waals surface area contributed by atoms with Gasteiger partial charge in [-0.2, -0.15) is 0 Å². The third-order valence-electron chi connectivity index (χ3n) is 9.38. The zero-order chi connectivity index (χ0) is 36.1. The Morgan fingerprint density at radius 3 is 1.82 bits per heavy atom. The van der Waals surface area contributed by atoms with Crippen LogP contribution in [0, 0.1) is 0 Å². The number of amides is 3. The van der Waals surface area contributed by atoms with Crippen LogP contribution in [0.1, 0.15) is 42.0 Å². The number of methoxy groups -OCH3 is 1. The van der Waals surface area contributed by atoms with Crippen molar-refractivity contribution in [2.24, 2.45) is 0 Å². The quantitative estimate of drug-likeness (QED) is 0.163. The summed E-state index contributed by atoms with van der Waals surface area (Å²) < 4.78 is 16.2. The van der Waals surface area contributed by atoms with Gasteiger partial charge in [-0.05, 0) is 54.9 Å². The van der Waals surface area contributed by atoms with Gasteiger partial charge in [-0.25, -0.2) is 0 Å². The molecule has 0 saturated carbocycles. The Morgan fingerprint density at radius 2 is 1.25 bits per heavy atom. The number of Topliss-reactive ketones (excluding diaryl/α,β-unsaturated/α-hetero) is 1. The number of carbonyl (C=O) groups excluding carboxylic acids is 4. The summed E-state index contributed by atoms with van der Waals surface area (Å²) in [6.07, 6.45) is 1.88. The first-order valence-corrected chi connectivity index (χ1v) is 17.8. The van der Waals surface area contributed by atoms with E-state index in [0.29, 0.717) is 32.3 Å². The minimum absolute atomic E-state index is 0.0982. The Bertz CT molecular complexity index is 1580. The average Bonchev–Trinajstić information content (AvgIpc) is 3.91. The van der Waals surface area contributed by atoms with E-state index in [1.54, 1.807) is 6.92 Å². The van der Waals surface area contributed by atoms with Crippen molar-refractivity contribution in [2.45, 2.75) is 69.3 Å². The summed E-state index contributed by atoms with van der Waals surface area (Å²) in [6.45, 7) is 5.96. The normalized spacial score (nSPS) is 18.9. The summed E-state index contributed by atoms with van der Waals surface area (Å²) in [5.41, 5.74) is 3.10. The van der Waals surface area contributed by atoms with Gasteiger partial charge in [-0.3, -0.25) is 24.1 Å². The molecule has 2 aliphatic rings. The molecule has 4 atom stereocenters. The van der Waals surface area contributed by atoms with Crippen molar-refractivity contribution in [3.05, 3.63) is 107 Å². The van der Waals surface area contributed by atoms with Crippen molar-refractivity contribution in [3.63, 3.8) is 0 Å². The molecule has 2 fully saturated rings. The first kappa shape index (κ1) is 37.8. The van der Waals surface area contributed by atoms with Gasteiger partial charge in [0.25, 0.3) is 0 Å². The van der Waals surface area contributed by atoms with E-state index in [2.05, 4.69) is 20.9 Å². The lowest BCUT2D eigenvalue weighted by Crippen LogP contribution is -2.58. The highest BCUT2D eigenvalue weighted by Gasteiger charge is 2.50. The van der Waals surface area contributed by atoms with E-state index in [-0.39, 0.29) is 24.7 Å². The van der Waals surface area contributed by atoms with Crippen molar-refractivity contribution in [1.29, 1.82) is 0 Å². The lowest BCUT2D eigenvalue weighted by molar-refractivity contribution is -0.135. The molecular formula is C40H50N4O7. The number of nitrogens with zero attached hydrogens (tertiary/aromatic N) is 1. The molecule has 0 unspecified atom stereocenters. The number of nitrogens with one attached hydrogen (secondary N) is 3. The number of carbonyl (C=O) groups is 4. The van der Waals surface area contributed by atoms with Crippen LogP contribution in [-0.4, -0.2) is 98.8 Å². The van der Waals surface area contributed by atoms with Crippen molar-refractivity contribution in [2.75, 3.05) is 46.6 Å². The molecule has 51 heavy (non-hydrogen) atoms. The summed E-state index contributed by atoms with van der Waals surface area (Å²) in [4.78, 5) is 56.5. The summed E-state index contributed by atoms with van der Waals surface area (Å²) >= 11 is 0. The zero-order valence-corrected chi connectivity index (χ0v) is 29.6. The van der Waals surface area contributed by atoms with Crippen LogP contribution >= 0.6 is 0 Å². The van der Waals surface area contributed by atoms with Crippen molar-refractivity contribution >= 4 is 23.5 Å². The van der Waals surface area contributed by atoms with Crippen LogP contribution in [0.15, 0.2) is 84.9 Å². The topological polar surface area (TPSA) is 139 Å². The van der Waals surface area contributed by atoms with Gasteiger partial charge in [0, 0.05) is 26.7 Å². The summed E-state index contributed by atoms with van der Waals surface area (Å²) in [7, 11) is 1.43. The fourth-order valence-electron chi connectivity index (χ4n) is 6.17. The van der Waals surface area contributed by atoms with E-state index >= 15 is 0 Å². The van der Waals surface area contributed by atoms with Crippen molar-refractivity contribution < 1.29 is 33.4 Å². The molecule has 0 radical (unpaired) electrons. The van der Waals surface area contributed by atoms with E-state index in [4.69, 9.17) is 14.2 Å². The molecule has 3 amide bonds. The maximum absolute atomic E-state index is 13.8. The lowest BCUT2D eigenvalue weighted by Gasteiger charge is -2.26. The first-order valence-electron chi connectivity index (χ1n) is 17.8. The minimum atomic E-state index is -1.10. The van der Waals surface area contributed by atoms with Gasteiger partial charge in [0.05, 0.1) is 38.9 Å². The molecule has 0 aliphatic carbocycles. The maximum atomic E-state index is 13.8. The highest BCUT2D eigenvalue weighted by atomic mass is 16.6. The maximum Gasteiger partial charge on any atom is 0.245 e. The largest absolute Gasteiger partial charge is 0.382 e. The van der Waals surface area contributed by atoms with Crippen LogP contribution in [0.5, 0.6) is 0 Å². The number of hydrogen-bond donors (Lipinski definition) is 3. The molecule has 5 rings (SSSR count). The molecule has 0 bridgehead atoms. The molecule has 11 heteroatoms. The first-order chi connectivity index (χ1) is 24.7. The third-order valence-corrected chi connectivity index (χ3v) is 9.38. The number of aryl methyl sites for hydroxylation is 2. The Hall–Kier alpha value is -4.42. The van der Waals surface area contributed by atoms with E-state index in [1.807, 2.05) is 84.9 Å². The Kier molecular flexibility index (Phi) is 13.9. The van der Waals surface area contributed by atoms with Crippen LogP contribution in [0.3, 0.4) is 0 Å². The number of ether oxygens (including phenoxy) is 3. The molecule has 2 saturated heterocycles. The number of rotatable bonds is 19. The molecule has 2 aliphatic heterocycles. The Morgan fingerprint density at radius 1 is 0.725 bits per heavy atom. The second-order valence-corrected chi connectivity index (χ2v) is 13.5. The number of ketones is 1. The van der Waals surface area contributed by atoms with Gasteiger partial charge >= 0.3 is 0 Å². The molecule has 0 spiro atoms. The number of hydrogen-bond acceptors (Lipinski definition) is 8. The molecule has 0 aromatic heterocycles. The van der Waals surface area contributed by atoms with Crippen LogP contribution in [0.4, 0.5) is 0 Å². The second kappa shape index (κ2) is 18.7.